The molecule has 1 rings (SSSR count). The van der Waals surface area contributed by atoms with Crippen LogP contribution in [-0.2, 0) is 4.79 Å². The molecule has 1 aromatic rings. The lowest BCUT2D eigenvalue weighted by Gasteiger charge is -2.01. The predicted molar refractivity (Wildman–Crippen MR) is 39.5 cm³/mol. The van der Waals surface area contributed by atoms with Gasteiger partial charge in [0.1, 0.15) is 0 Å². The van der Waals surface area contributed by atoms with E-state index < -0.39 is 0 Å². The molecule has 1 aromatic carbocycles. The van der Waals surface area contributed by atoms with Crippen molar-refractivity contribution in [2.45, 2.75) is 0 Å². The number of rotatable bonds is 2. The average Bonchev–Trinajstić information content (AvgIpc) is 2.04. The number of carbonyl (C=O) groups excluding carboxylic acids is 1. The summed E-state index contributed by atoms with van der Waals surface area (Å²) in [5, 5.41) is 9.12. The van der Waals surface area contributed by atoms with Crippen LogP contribution >= 0.6 is 0 Å². The first-order valence-corrected chi connectivity index (χ1v) is 3.03. The molecule has 0 aliphatic rings. The zero-order valence-corrected chi connectivity index (χ0v) is 6.00. The lowest BCUT2D eigenvalue weighted by atomic mass is 10.2. The summed E-state index contributed by atoms with van der Waals surface area (Å²) in [5.41, 5.74) is 0.309. The molecule has 0 aliphatic carbocycles. The van der Waals surface area contributed by atoms with Crippen LogP contribution < -0.4 is 4.74 Å². The highest BCUT2D eigenvalue weighted by Gasteiger charge is 2.00. The van der Waals surface area contributed by atoms with E-state index in [1.807, 2.05) is 0 Å². The maximum Gasteiger partial charge on any atom is 0.233 e. The minimum atomic E-state index is -0.0478. The normalized spacial score (nSPS) is 9.18. The Morgan fingerprint density at radius 1 is 1.55 bits per heavy atom. The highest BCUT2D eigenvalue weighted by atomic mass is 16.5. The fourth-order valence-corrected chi connectivity index (χ4v) is 0.753. The van der Waals surface area contributed by atoms with Crippen molar-refractivity contribution >= 4 is 6.29 Å². The van der Waals surface area contributed by atoms with Crippen molar-refractivity contribution in [3.8, 4) is 11.5 Å². The van der Waals surface area contributed by atoms with Gasteiger partial charge in [-0.25, -0.2) is 0 Å². The number of benzene rings is 1. The molecule has 57 valence electrons. The second-order valence-corrected chi connectivity index (χ2v) is 1.99. The monoisotopic (exact) mass is 151 g/mol. The summed E-state index contributed by atoms with van der Waals surface area (Å²) in [6.45, 7) is 0. The van der Waals surface area contributed by atoms with E-state index in [4.69, 9.17) is 9.84 Å². The van der Waals surface area contributed by atoms with Gasteiger partial charge in [-0.2, -0.15) is 0 Å². The SMILES string of the molecule is COc1ccc([C]=O)cc1O. The van der Waals surface area contributed by atoms with Gasteiger partial charge in [-0.3, -0.25) is 4.79 Å². The first-order valence-electron chi connectivity index (χ1n) is 3.03. The van der Waals surface area contributed by atoms with E-state index in [1.165, 1.54) is 25.3 Å². The maximum atomic E-state index is 10.1. The van der Waals surface area contributed by atoms with Crippen molar-refractivity contribution in [1.82, 2.24) is 0 Å². The first-order chi connectivity index (χ1) is 5.27. The number of hydrogen-bond donors (Lipinski definition) is 1. The summed E-state index contributed by atoms with van der Waals surface area (Å²) in [5.74, 6) is 0.303. The summed E-state index contributed by atoms with van der Waals surface area (Å²) < 4.78 is 4.76. The van der Waals surface area contributed by atoms with Crippen LogP contribution in [0.3, 0.4) is 0 Å². The van der Waals surface area contributed by atoms with Crippen molar-refractivity contribution in [2.24, 2.45) is 0 Å². The minimum absolute atomic E-state index is 0.0478. The summed E-state index contributed by atoms with van der Waals surface area (Å²) in [6, 6.07) is 4.33. The summed E-state index contributed by atoms with van der Waals surface area (Å²) in [7, 11) is 1.44. The molecule has 0 aromatic heterocycles. The van der Waals surface area contributed by atoms with Crippen molar-refractivity contribution in [3.63, 3.8) is 0 Å². The van der Waals surface area contributed by atoms with E-state index in [-0.39, 0.29) is 5.75 Å². The molecule has 3 nitrogen and oxygen atoms in total. The van der Waals surface area contributed by atoms with Crippen LogP contribution in [0.2, 0.25) is 0 Å². The van der Waals surface area contributed by atoms with E-state index in [1.54, 1.807) is 6.29 Å². The van der Waals surface area contributed by atoms with Crippen LogP contribution in [0.15, 0.2) is 18.2 Å². The molecule has 0 heterocycles. The van der Waals surface area contributed by atoms with Crippen molar-refractivity contribution in [2.75, 3.05) is 7.11 Å². The van der Waals surface area contributed by atoms with Crippen molar-refractivity contribution in [3.05, 3.63) is 23.8 Å². The molecule has 0 saturated heterocycles. The van der Waals surface area contributed by atoms with Gasteiger partial charge in [-0.15, -0.1) is 0 Å². The third-order valence-corrected chi connectivity index (χ3v) is 1.30. The quantitative estimate of drug-likeness (QED) is 0.681. The lowest BCUT2D eigenvalue weighted by Crippen LogP contribution is -1.85. The Labute approximate surface area is 64.2 Å². The van der Waals surface area contributed by atoms with E-state index in [9.17, 15) is 4.79 Å². The van der Waals surface area contributed by atoms with Gasteiger partial charge < -0.3 is 9.84 Å². The van der Waals surface area contributed by atoms with Gasteiger partial charge in [0, 0.05) is 5.56 Å². The molecule has 0 spiro atoms. The van der Waals surface area contributed by atoms with E-state index in [2.05, 4.69) is 0 Å². The van der Waals surface area contributed by atoms with Crippen LogP contribution in [0.5, 0.6) is 11.5 Å². The summed E-state index contributed by atoms with van der Waals surface area (Å²) in [4.78, 5) is 10.1. The van der Waals surface area contributed by atoms with E-state index >= 15 is 0 Å². The van der Waals surface area contributed by atoms with Crippen LogP contribution in [0.4, 0.5) is 0 Å². The maximum absolute atomic E-state index is 10.1. The predicted octanol–water partition coefficient (Wildman–Crippen LogP) is 0.859. The molecule has 0 saturated carbocycles. The van der Waals surface area contributed by atoms with Gasteiger partial charge in [0.15, 0.2) is 11.5 Å². The molecule has 3 heteroatoms. The third-order valence-electron chi connectivity index (χ3n) is 1.30. The molecule has 0 unspecified atom stereocenters. The number of phenols is 1. The molecule has 0 amide bonds. The largest absolute Gasteiger partial charge is 0.504 e. The Bertz CT molecular complexity index is 268. The number of hydrogen-bond acceptors (Lipinski definition) is 3. The van der Waals surface area contributed by atoms with E-state index in [0.717, 1.165) is 0 Å². The number of aromatic hydroxyl groups is 1. The molecule has 1 radical (unpaired) electrons. The zero-order valence-electron chi connectivity index (χ0n) is 6.00. The van der Waals surface area contributed by atoms with E-state index in [0.29, 0.717) is 11.3 Å². The Hall–Kier alpha value is -1.51. The second-order valence-electron chi connectivity index (χ2n) is 1.99. The van der Waals surface area contributed by atoms with Gasteiger partial charge in [0.25, 0.3) is 0 Å². The van der Waals surface area contributed by atoms with Crippen LogP contribution in [0.1, 0.15) is 5.56 Å². The second kappa shape index (κ2) is 3.05. The third kappa shape index (κ3) is 1.49. The fraction of sp³-hybridized carbons (Fsp3) is 0.125. The molecule has 0 fully saturated rings. The Morgan fingerprint density at radius 2 is 2.27 bits per heavy atom. The van der Waals surface area contributed by atoms with Crippen LogP contribution in [0.25, 0.3) is 0 Å². The molecule has 1 N–H and O–H groups in total. The van der Waals surface area contributed by atoms with Crippen molar-refractivity contribution in [1.29, 1.82) is 0 Å². The Morgan fingerprint density at radius 3 is 2.73 bits per heavy atom. The van der Waals surface area contributed by atoms with Gasteiger partial charge in [-0.05, 0) is 18.2 Å². The zero-order chi connectivity index (χ0) is 8.27. The van der Waals surface area contributed by atoms with Crippen LogP contribution in [0, 0.1) is 0 Å². The topological polar surface area (TPSA) is 46.5 Å². The number of phenolic OH excluding ortho intramolecular Hbond substituents is 1. The fourth-order valence-electron chi connectivity index (χ4n) is 0.753. The van der Waals surface area contributed by atoms with Gasteiger partial charge >= 0.3 is 0 Å². The lowest BCUT2D eigenvalue weighted by molar-refractivity contribution is 0.373. The standard InChI is InChI=1S/C8H7O3/c1-11-8-3-2-6(5-9)4-7(8)10/h2-4,10H,1H3. The summed E-state index contributed by atoms with van der Waals surface area (Å²) in [6.07, 6.45) is 1.65. The van der Waals surface area contributed by atoms with Gasteiger partial charge in [0.05, 0.1) is 7.11 Å². The van der Waals surface area contributed by atoms with Crippen LogP contribution in [-0.4, -0.2) is 18.5 Å². The highest BCUT2D eigenvalue weighted by molar-refractivity contribution is 5.76. The number of methoxy groups -OCH3 is 1. The average molecular weight is 151 g/mol. The Balaban J connectivity index is 3.09. The molecule has 0 aliphatic heterocycles. The number of ether oxygens (including phenoxy) is 1. The first kappa shape index (κ1) is 7.60. The molecular formula is C8H7O3. The minimum Gasteiger partial charge on any atom is -0.504 e. The summed E-state index contributed by atoms with van der Waals surface area (Å²) >= 11 is 0. The molecule has 0 bridgehead atoms. The molecular weight excluding hydrogens is 144 g/mol. The smallest absolute Gasteiger partial charge is 0.233 e. The molecule has 11 heavy (non-hydrogen) atoms. The van der Waals surface area contributed by atoms with Crippen molar-refractivity contribution < 1.29 is 14.6 Å². The highest BCUT2D eigenvalue weighted by Crippen LogP contribution is 2.25. The van der Waals surface area contributed by atoms with Gasteiger partial charge in [-0.1, -0.05) is 0 Å². The molecule has 0 atom stereocenters. The van der Waals surface area contributed by atoms with Gasteiger partial charge in [0.2, 0.25) is 6.29 Å². The Kier molecular flexibility index (Phi) is 2.11.